The number of rotatable bonds is 2. The van der Waals surface area contributed by atoms with Crippen molar-refractivity contribution in [1.82, 2.24) is 0 Å². The number of benzene rings is 1. The fourth-order valence-corrected chi connectivity index (χ4v) is 1.04. The number of hydrogen-bond acceptors (Lipinski definition) is 1. The van der Waals surface area contributed by atoms with E-state index < -0.39 is 0 Å². The molecule has 0 bridgehead atoms. The van der Waals surface area contributed by atoms with Crippen LogP contribution in [0.15, 0.2) is 30.3 Å². The van der Waals surface area contributed by atoms with E-state index >= 15 is 0 Å². The van der Waals surface area contributed by atoms with Gasteiger partial charge in [0, 0.05) is 13.3 Å². The third-order valence-corrected chi connectivity index (χ3v) is 1.65. The van der Waals surface area contributed by atoms with Gasteiger partial charge in [0.15, 0.2) is 0 Å². The van der Waals surface area contributed by atoms with Crippen molar-refractivity contribution in [1.29, 1.82) is 0 Å². The largest absolute Gasteiger partial charge is 0.285 e. The van der Waals surface area contributed by atoms with Crippen molar-refractivity contribution in [2.75, 3.05) is 0 Å². The zero-order valence-electron chi connectivity index (χ0n) is 7.71. The molecule has 0 amide bonds. The summed E-state index contributed by atoms with van der Waals surface area (Å²) in [7, 11) is 0. The van der Waals surface area contributed by atoms with Crippen molar-refractivity contribution in [2.45, 2.75) is 19.8 Å². The second-order valence-corrected chi connectivity index (χ2v) is 2.84. The van der Waals surface area contributed by atoms with Crippen molar-refractivity contribution in [3.8, 4) is 11.8 Å². The summed E-state index contributed by atoms with van der Waals surface area (Å²) in [5.41, 5.74) is 1.26. The molecule has 0 saturated carbocycles. The van der Waals surface area contributed by atoms with Crippen LogP contribution < -0.4 is 0 Å². The van der Waals surface area contributed by atoms with Crippen molar-refractivity contribution in [3.63, 3.8) is 0 Å². The summed E-state index contributed by atoms with van der Waals surface area (Å²) >= 11 is 0. The molecular weight excluding hydrogens is 160 g/mol. The van der Waals surface area contributed by atoms with Gasteiger partial charge in [-0.3, -0.25) is 4.79 Å². The highest BCUT2D eigenvalue weighted by Crippen LogP contribution is 2.00. The van der Waals surface area contributed by atoms with Gasteiger partial charge in [-0.05, 0) is 17.9 Å². The van der Waals surface area contributed by atoms with Crippen molar-refractivity contribution in [2.24, 2.45) is 0 Å². The van der Waals surface area contributed by atoms with Gasteiger partial charge >= 0.3 is 0 Å². The maximum absolute atomic E-state index is 10.5. The summed E-state index contributed by atoms with van der Waals surface area (Å²) in [4.78, 5) is 10.5. The molecule has 0 radical (unpaired) electrons. The van der Waals surface area contributed by atoms with Gasteiger partial charge < -0.3 is 0 Å². The Kier molecular flexibility index (Phi) is 3.78. The van der Waals surface area contributed by atoms with E-state index in [1.165, 1.54) is 12.5 Å². The van der Waals surface area contributed by atoms with E-state index in [0.717, 1.165) is 12.8 Å². The van der Waals surface area contributed by atoms with Gasteiger partial charge in [-0.25, -0.2) is 0 Å². The van der Waals surface area contributed by atoms with Crippen LogP contribution >= 0.6 is 0 Å². The van der Waals surface area contributed by atoms with Crippen LogP contribution in [-0.2, 0) is 11.2 Å². The van der Waals surface area contributed by atoms with E-state index in [2.05, 4.69) is 24.0 Å². The van der Waals surface area contributed by atoms with Crippen LogP contribution in [0.4, 0.5) is 0 Å². The van der Waals surface area contributed by atoms with Crippen LogP contribution in [0.25, 0.3) is 0 Å². The zero-order valence-corrected chi connectivity index (χ0v) is 7.71. The molecule has 0 aromatic heterocycles. The summed E-state index contributed by atoms with van der Waals surface area (Å²) < 4.78 is 0. The van der Waals surface area contributed by atoms with Gasteiger partial charge in [0.25, 0.3) is 0 Å². The van der Waals surface area contributed by atoms with Gasteiger partial charge in [0.2, 0.25) is 5.78 Å². The molecule has 0 unspecified atom stereocenters. The van der Waals surface area contributed by atoms with E-state index in [1.54, 1.807) is 0 Å². The minimum absolute atomic E-state index is 0.0620. The number of aryl methyl sites for hydroxylation is 1. The topological polar surface area (TPSA) is 17.1 Å². The molecule has 1 aromatic carbocycles. The molecule has 0 aliphatic carbocycles. The number of carbonyl (C=O) groups is 1. The monoisotopic (exact) mass is 172 g/mol. The number of ketones is 1. The van der Waals surface area contributed by atoms with Crippen LogP contribution in [0, 0.1) is 11.8 Å². The van der Waals surface area contributed by atoms with E-state index in [1.807, 2.05) is 18.2 Å². The molecule has 0 spiro atoms. The van der Waals surface area contributed by atoms with Crippen LogP contribution in [0.1, 0.15) is 18.9 Å². The Hall–Kier alpha value is -1.55. The lowest BCUT2D eigenvalue weighted by Crippen LogP contribution is -1.84. The molecule has 1 rings (SSSR count). The Bertz CT molecular complexity index is 327. The maximum atomic E-state index is 10.5. The van der Waals surface area contributed by atoms with Crippen LogP contribution in [0.5, 0.6) is 0 Å². The van der Waals surface area contributed by atoms with E-state index in [4.69, 9.17) is 0 Å². The van der Waals surface area contributed by atoms with Crippen molar-refractivity contribution in [3.05, 3.63) is 35.9 Å². The fraction of sp³-hybridized carbons (Fsp3) is 0.250. The van der Waals surface area contributed by atoms with Crippen molar-refractivity contribution >= 4 is 5.78 Å². The Morgan fingerprint density at radius 2 is 2.00 bits per heavy atom. The summed E-state index contributed by atoms with van der Waals surface area (Å²) in [6, 6.07) is 10.1. The second kappa shape index (κ2) is 5.16. The van der Waals surface area contributed by atoms with Gasteiger partial charge in [-0.1, -0.05) is 36.3 Å². The lowest BCUT2D eigenvalue weighted by atomic mass is 10.1. The highest BCUT2D eigenvalue weighted by molar-refractivity contribution is 5.93. The molecule has 0 aliphatic rings. The molecule has 0 atom stereocenters. The van der Waals surface area contributed by atoms with Crippen molar-refractivity contribution < 1.29 is 4.79 Å². The van der Waals surface area contributed by atoms with Crippen LogP contribution in [0.3, 0.4) is 0 Å². The zero-order chi connectivity index (χ0) is 9.52. The van der Waals surface area contributed by atoms with Gasteiger partial charge in [0.05, 0.1) is 0 Å². The minimum atomic E-state index is -0.0620. The average molecular weight is 172 g/mol. The Morgan fingerprint density at radius 3 is 2.62 bits per heavy atom. The lowest BCUT2D eigenvalue weighted by Gasteiger charge is -1.94. The molecule has 0 fully saturated rings. The highest BCUT2D eigenvalue weighted by atomic mass is 16.1. The Morgan fingerprint density at radius 1 is 1.31 bits per heavy atom. The number of hydrogen-bond donors (Lipinski definition) is 0. The lowest BCUT2D eigenvalue weighted by molar-refractivity contribution is -0.111. The molecule has 1 heteroatoms. The quantitative estimate of drug-likeness (QED) is 0.493. The average Bonchev–Trinajstić information content (AvgIpc) is 2.14. The normalized spacial score (nSPS) is 8.69. The second-order valence-electron chi connectivity index (χ2n) is 2.84. The Balaban J connectivity index is 2.37. The highest BCUT2D eigenvalue weighted by Gasteiger charge is 1.87. The van der Waals surface area contributed by atoms with Crippen LogP contribution in [-0.4, -0.2) is 5.78 Å². The SMILES string of the molecule is CC(=O)C#CCCc1ccccc1. The molecule has 1 aromatic rings. The maximum Gasteiger partial charge on any atom is 0.202 e. The Labute approximate surface area is 78.8 Å². The van der Waals surface area contributed by atoms with Gasteiger partial charge in [-0.15, -0.1) is 0 Å². The van der Waals surface area contributed by atoms with Crippen LogP contribution in [0.2, 0.25) is 0 Å². The van der Waals surface area contributed by atoms with E-state index in [9.17, 15) is 4.79 Å². The standard InChI is InChI=1S/C12H12O/c1-11(13)7-5-6-10-12-8-3-2-4-9-12/h2-4,8-9H,6,10H2,1H3. The molecular formula is C12H12O. The fourth-order valence-electron chi connectivity index (χ4n) is 1.04. The molecule has 0 N–H and O–H groups in total. The predicted molar refractivity (Wildman–Crippen MR) is 53.2 cm³/mol. The third-order valence-electron chi connectivity index (χ3n) is 1.65. The first-order valence-corrected chi connectivity index (χ1v) is 4.32. The summed E-state index contributed by atoms with van der Waals surface area (Å²) in [5, 5.41) is 0. The summed E-state index contributed by atoms with van der Waals surface area (Å²) in [5.74, 6) is 5.30. The smallest absolute Gasteiger partial charge is 0.202 e. The molecule has 66 valence electrons. The number of carbonyl (C=O) groups excluding carboxylic acids is 1. The van der Waals surface area contributed by atoms with E-state index in [-0.39, 0.29) is 5.78 Å². The molecule has 0 aliphatic heterocycles. The first kappa shape index (κ1) is 9.54. The number of Topliss-reactive ketones (excluding diaryl/α,β-unsaturated/α-hetero) is 1. The first-order valence-electron chi connectivity index (χ1n) is 4.32. The molecule has 13 heavy (non-hydrogen) atoms. The third kappa shape index (κ3) is 4.12. The predicted octanol–water partition coefficient (Wildman–Crippen LogP) is 2.21. The summed E-state index contributed by atoms with van der Waals surface area (Å²) in [6.07, 6.45) is 1.67. The summed E-state index contributed by atoms with van der Waals surface area (Å²) in [6.45, 7) is 1.48. The minimum Gasteiger partial charge on any atom is -0.285 e. The molecule has 0 saturated heterocycles. The first-order chi connectivity index (χ1) is 6.29. The molecule has 1 nitrogen and oxygen atoms in total. The van der Waals surface area contributed by atoms with Gasteiger partial charge in [-0.2, -0.15) is 0 Å². The molecule has 0 heterocycles. The van der Waals surface area contributed by atoms with Gasteiger partial charge in [0.1, 0.15) is 0 Å². The van der Waals surface area contributed by atoms with E-state index in [0.29, 0.717) is 0 Å².